The van der Waals surface area contributed by atoms with Gasteiger partial charge in [0.25, 0.3) is 0 Å². The second-order valence-corrected chi connectivity index (χ2v) is 5.92. The zero-order valence-electron chi connectivity index (χ0n) is 13.4. The predicted molar refractivity (Wildman–Crippen MR) is 94.0 cm³/mol. The van der Waals surface area contributed by atoms with Crippen molar-refractivity contribution in [3.63, 3.8) is 0 Å². The lowest BCUT2D eigenvalue weighted by molar-refractivity contribution is 0.886. The molecule has 1 N–H and O–H groups in total. The van der Waals surface area contributed by atoms with Crippen LogP contribution in [0.15, 0.2) is 59.4 Å². The Bertz CT molecular complexity index is 1070. The fraction of sp³-hybridized carbons (Fsp3) is 0.105. The highest BCUT2D eigenvalue weighted by Crippen LogP contribution is 2.22. The van der Waals surface area contributed by atoms with E-state index in [9.17, 15) is 4.79 Å². The van der Waals surface area contributed by atoms with E-state index in [-0.39, 0.29) is 5.69 Å². The fourth-order valence-corrected chi connectivity index (χ4v) is 2.67. The standard InChI is InChI=1S/C19H16N4O/c1-12-3-7-14(8-4-12)16-11-17-20-19(24)21-18(23(17)22-16)15-9-5-13(2)6-10-15/h3-11H,1-2H3,(H,20,24). The van der Waals surface area contributed by atoms with Gasteiger partial charge >= 0.3 is 5.69 Å². The predicted octanol–water partition coefficient (Wildman–Crippen LogP) is 3.37. The lowest BCUT2D eigenvalue weighted by Gasteiger charge is -2.03. The highest BCUT2D eigenvalue weighted by atomic mass is 16.1. The topological polar surface area (TPSA) is 63.0 Å². The minimum atomic E-state index is -0.381. The minimum Gasteiger partial charge on any atom is -0.290 e. The number of rotatable bonds is 2. The van der Waals surface area contributed by atoms with E-state index < -0.39 is 0 Å². The van der Waals surface area contributed by atoms with Crippen LogP contribution in [0.4, 0.5) is 0 Å². The molecule has 0 aliphatic carbocycles. The molecule has 4 aromatic rings. The molecule has 5 heteroatoms. The van der Waals surface area contributed by atoms with E-state index in [1.165, 1.54) is 5.56 Å². The second-order valence-electron chi connectivity index (χ2n) is 5.92. The van der Waals surface area contributed by atoms with E-state index in [2.05, 4.69) is 15.1 Å². The summed E-state index contributed by atoms with van der Waals surface area (Å²) in [5.41, 5.74) is 5.25. The first-order chi connectivity index (χ1) is 11.6. The van der Waals surface area contributed by atoms with E-state index in [1.54, 1.807) is 4.52 Å². The highest BCUT2D eigenvalue weighted by Gasteiger charge is 2.12. The van der Waals surface area contributed by atoms with Gasteiger partial charge in [-0.1, -0.05) is 59.7 Å². The molecular formula is C19H16N4O. The number of benzene rings is 2. The summed E-state index contributed by atoms with van der Waals surface area (Å²) in [4.78, 5) is 18.8. The van der Waals surface area contributed by atoms with Crippen molar-refractivity contribution in [2.75, 3.05) is 0 Å². The monoisotopic (exact) mass is 316 g/mol. The Balaban J connectivity index is 1.93. The van der Waals surface area contributed by atoms with E-state index in [1.807, 2.05) is 68.4 Å². The van der Waals surface area contributed by atoms with Crippen molar-refractivity contribution in [2.24, 2.45) is 0 Å². The first-order valence-electron chi connectivity index (χ1n) is 7.74. The summed E-state index contributed by atoms with van der Waals surface area (Å²) in [6, 6.07) is 17.9. The maximum Gasteiger partial charge on any atom is 0.348 e. The summed E-state index contributed by atoms with van der Waals surface area (Å²) in [5, 5.41) is 4.64. The third kappa shape index (κ3) is 2.50. The number of aromatic amines is 1. The van der Waals surface area contributed by atoms with Crippen molar-refractivity contribution < 1.29 is 0 Å². The number of nitrogens with one attached hydrogen (secondary N) is 1. The molecule has 0 atom stereocenters. The Morgan fingerprint density at radius 1 is 0.875 bits per heavy atom. The van der Waals surface area contributed by atoms with Crippen molar-refractivity contribution in [1.29, 1.82) is 0 Å². The van der Waals surface area contributed by atoms with Gasteiger partial charge in [-0.05, 0) is 13.8 Å². The molecule has 0 aliphatic rings. The van der Waals surface area contributed by atoms with Crippen LogP contribution in [0, 0.1) is 13.8 Å². The minimum absolute atomic E-state index is 0.381. The molecular weight excluding hydrogens is 300 g/mol. The molecule has 0 radical (unpaired) electrons. The molecule has 2 heterocycles. The molecule has 2 aromatic heterocycles. The molecule has 0 bridgehead atoms. The fourth-order valence-electron chi connectivity index (χ4n) is 2.67. The van der Waals surface area contributed by atoms with E-state index >= 15 is 0 Å². The van der Waals surface area contributed by atoms with Crippen LogP contribution in [-0.2, 0) is 0 Å². The number of hydrogen-bond donors (Lipinski definition) is 1. The van der Waals surface area contributed by atoms with Crippen LogP contribution < -0.4 is 5.69 Å². The Morgan fingerprint density at radius 3 is 2.08 bits per heavy atom. The third-order valence-corrected chi connectivity index (χ3v) is 4.01. The summed E-state index contributed by atoms with van der Waals surface area (Å²) >= 11 is 0. The van der Waals surface area contributed by atoms with Gasteiger partial charge in [-0.3, -0.25) is 4.98 Å². The number of hydrogen-bond acceptors (Lipinski definition) is 3. The highest BCUT2D eigenvalue weighted by molar-refractivity contribution is 5.67. The summed E-state index contributed by atoms with van der Waals surface area (Å²) in [6.07, 6.45) is 0. The molecule has 118 valence electrons. The van der Waals surface area contributed by atoms with Crippen molar-refractivity contribution in [1.82, 2.24) is 19.6 Å². The smallest absolute Gasteiger partial charge is 0.290 e. The van der Waals surface area contributed by atoms with Crippen molar-refractivity contribution in [2.45, 2.75) is 13.8 Å². The number of H-pyrrole nitrogens is 1. The molecule has 2 aromatic carbocycles. The van der Waals surface area contributed by atoms with E-state index in [4.69, 9.17) is 0 Å². The maximum absolute atomic E-state index is 11.9. The number of aromatic nitrogens is 4. The van der Waals surface area contributed by atoms with E-state index in [0.29, 0.717) is 11.5 Å². The molecule has 0 unspecified atom stereocenters. The molecule has 0 spiro atoms. The molecule has 0 amide bonds. The van der Waals surface area contributed by atoms with Crippen LogP contribution in [-0.4, -0.2) is 19.6 Å². The molecule has 0 fully saturated rings. The van der Waals surface area contributed by atoms with E-state index in [0.717, 1.165) is 22.4 Å². The summed E-state index contributed by atoms with van der Waals surface area (Å²) in [5.74, 6) is 0.534. The van der Waals surface area contributed by atoms with Crippen LogP contribution in [0.3, 0.4) is 0 Å². The van der Waals surface area contributed by atoms with Crippen molar-refractivity contribution in [3.05, 3.63) is 76.2 Å². The van der Waals surface area contributed by atoms with Gasteiger partial charge < -0.3 is 0 Å². The zero-order chi connectivity index (χ0) is 16.7. The maximum atomic E-state index is 11.9. The van der Waals surface area contributed by atoms with Crippen molar-refractivity contribution in [3.8, 4) is 22.6 Å². The first kappa shape index (κ1) is 14.4. The van der Waals surface area contributed by atoms with Gasteiger partial charge in [-0.25, -0.2) is 4.79 Å². The SMILES string of the molecule is Cc1ccc(-c2cc3[nH]c(=O)nc(-c4ccc(C)cc4)n3n2)cc1. The average molecular weight is 316 g/mol. The van der Waals surface area contributed by atoms with Crippen LogP contribution in [0.1, 0.15) is 11.1 Å². The Labute approximate surface area is 138 Å². The van der Waals surface area contributed by atoms with Gasteiger partial charge in [0, 0.05) is 17.2 Å². The largest absolute Gasteiger partial charge is 0.348 e. The van der Waals surface area contributed by atoms with Crippen LogP contribution in [0.5, 0.6) is 0 Å². The Hall–Kier alpha value is -3.21. The number of nitrogens with zero attached hydrogens (tertiary/aromatic N) is 3. The van der Waals surface area contributed by atoms with Gasteiger partial charge in [0.15, 0.2) is 5.82 Å². The lowest BCUT2D eigenvalue weighted by atomic mass is 10.1. The number of fused-ring (bicyclic) bond motifs is 1. The van der Waals surface area contributed by atoms with Gasteiger partial charge in [0.2, 0.25) is 0 Å². The van der Waals surface area contributed by atoms with Crippen LogP contribution >= 0.6 is 0 Å². The van der Waals surface area contributed by atoms with Crippen LogP contribution in [0.2, 0.25) is 0 Å². The number of aryl methyl sites for hydroxylation is 2. The Kier molecular flexibility index (Phi) is 3.27. The average Bonchev–Trinajstić information content (AvgIpc) is 2.99. The first-order valence-corrected chi connectivity index (χ1v) is 7.74. The van der Waals surface area contributed by atoms with Gasteiger partial charge in [-0.15, -0.1) is 0 Å². The van der Waals surface area contributed by atoms with Crippen molar-refractivity contribution >= 4 is 5.65 Å². The zero-order valence-corrected chi connectivity index (χ0v) is 13.4. The third-order valence-electron chi connectivity index (χ3n) is 4.01. The molecule has 0 saturated heterocycles. The summed E-state index contributed by atoms with van der Waals surface area (Å²) in [7, 11) is 0. The molecule has 5 nitrogen and oxygen atoms in total. The van der Waals surface area contributed by atoms with Gasteiger partial charge in [0.05, 0.1) is 5.69 Å². The van der Waals surface area contributed by atoms with Gasteiger partial charge in [-0.2, -0.15) is 14.6 Å². The Morgan fingerprint density at radius 2 is 1.46 bits per heavy atom. The summed E-state index contributed by atoms with van der Waals surface area (Å²) in [6.45, 7) is 4.07. The molecule has 0 saturated carbocycles. The lowest BCUT2D eigenvalue weighted by Crippen LogP contribution is -2.15. The normalized spacial score (nSPS) is 11.1. The van der Waals surface area contributed by atoms with Gasteiger partial charge in [0.1, 0.15) is 5.65 Å². The molecule has 24 heavy (non-hydrogen) atoms. The second kappa shape index (κ2) is 5.45. The molecule has 4 rings (SSSR count). The molecule has 0 aliphatic heterocycles. The quantitative estimate of drug-likeness (QED) is 0.617. The van der Waals surface area contributed by atoms with Crippen LogP contribution in [0.25, 0.3) is 28.3 Å². The summed E-state index contributed by atoms with van der Waals surface area (Å²) < 4.78 is 1.68.